The number of hydrogen-bond donors (Lipinski definition) is 1. The number of pyridine rings is 1. The van der Waals surface area contributed by atoms with Crippen molar-refractivity contribution in [1.29, 1.82) is 0 Å². The van der Waals surface area contributed by atoms with Crippen molar-refractivity contribution in [1.82, 2.24) is 15.0 Å². The number of aromatic nitrogens is 3. The summed E-state index contributed by atoms with van der Waals surface area (Å²) in [6.07, 6.45) is 1.77. The normalized spacial score (nSPS) is 10.8. The molecular weight excluding hydrogens is 316 g/mol. The molecule has 2 aromatic heterocycles. The molecule has 0 aliphatic rings. The highest BCUT2D eigenvalue weighted by molar-refractivity contribution is 9.10. The molecule has 0 fully saturated rings. The minimum atomic E-state index is 0.690. The van der Waals surface area contributed by atoms with Crippen LogP contribution in [0.4, 0.5) is 5.82 Å². The minimum absolute atomic E-state index is 0.690. The highest BCUT2D eigenvalue weighted by Crippen LogP contribution is 2.27. The van der Waals surface area contributed by atoms with Gasteiger partial charge in [0.05, 0.1) is 5.52 Å². The molecule has 0 unspecified atom stereocenters. The Hall–Kier alpha value is -2.01. The first-order valence-electron chi connectivity index (χ1n) is 6.26. The van der Waals surface area contributed by atoms with Crippen molar-refractivity contribution in [3.05, 3.63) is 46.7 Å². The summed E-state index contributed by atoms with van der Waals surface area (Å²) in [5.74, 6) is 1.50. The molecule has 3 rings (SSSR count). The molecule has 4 nitrogen and oxygen atoms in total. The number of aryl methyl sites for hydroxylation is 1. The van der Waals surface area contributed by atoms with Crippen LogP contribution in [-0.4, -0.2) is 22.0 Å². The average Bonchev–Trinajstić information content (AvgIpc) is 2.46. The van der Waals surface area contributed by atoms with Crippen LogP contribution in [0, 0.1) is 6.92 Å². The van der Waals surface area contributed by atoms with Crippen molar-refractivity contribution >= 4 is 32.7 Å². The van der Waals surface area contributed by atoms with Gasteiger partial charge in [0.15, 0.2) is 5.82 Å². The van der Waals surface area contributed by atoms with Crippen LogP contribution in [0.1, 0.15) is 5.69 Å². The van der Waals surface area contributed by atoms with Crippen molar-refractivity contribution in [3.63, 3.8) is 0 Å². The van der Waals surface area contributed by atoms with Gasteiger partial charge >= 0.3 is 0 Å². The molecule has 0 amide bonds. The maximum absolute atomic E-state index is 4.64. The zero-order valence-electron chi connectivity index (χ0n) is 11.2. The maximum atomic E-state index is 4.64. The largest absolute Gasteiger partial charge is 0.373 e. The fourth-order valence-corrected chi connectivity index (χ4v) is 2.49. The quantitative estimate of drug-likeness (QED) is 0.777. The number of anilines is 1. The number of benzene rings is 1. The van der Waals surface area contributed by atoms with Crippen molar-refractivity contribution < 1.29 is 0 Å². The van der Waals surface area contributed by atoms with Gasteiger partial charge in [-0.25, -0.2) is 9.97 Å². The Balaban J connectivity index is 2.29. The van der Waals surface area contributed by atoms with E-state index in [0.717, 1.165) is 32.5 Å². The number of rotatable bonds is 2. The van der Waals surface area contributed by atoms with E-state index in [1.165, 1.54) is 0 Å². The van der Waals surface area contributed by atoms with Gasteiger partial charge in [0, 0.05) is 34.4 Å². The van der Waals surface area contributed by atoms with E-state index in [1.54, 1.807) is 6.20 Å². The smallest absolute Gasteiger partial charge is 0.163 e. The lowest BCUT2D eigenvalue weighted by Gasteiger charge is -2.09. The van der Waals surface area contributed by atoms with E-state index >= 15 is 0 Å². The van der Waals surface area contributed by atoms with Gasteiger partial charge in [0.25, 0.3) is 0 Å². The summed E-state index contributed by atoms with van der Waals surface area (Å²) < 4.78 is 1.01. The van der Waals surface area contributed by atoms with Gasteiger partial charge in [-0.1, -0.05) is 15.9 Å². The number of halogens is 1. The van der Waals surface area contributed by atoms with Crippen LogP contribution in [0.25, 0.3) is 22.3 Å². The molecule has 2 heterocycles. The van der Waals surface area contributed by atoms with Gasteiger partial charge in [-0.3, -0.25) is 4.98 Å². The summed E-state index contributed by atoms with van der Waals surface area (Å²) in [6, 6.07) is 9.87. The zero-order chi connectivity index (χ0) is 14.1. The lowest BCUT2D eigenvalue weighted by Crippen LogP contribution is -2.00. The van der Waals surface area contributed by atoms with E-state index in [2.05, 4.69) is 36.2 Å². The van der Waals surface area contributed by atoms with Crippen molar-refractivity contribution in [3.8, 4) is 11.4 Å². The van der Waals surface area contributed by atoms with Gasteiger partial charge in [0.2, 0.25) is 0 Å². The summed E-state index contributed by atoms with van der Waals surface area (Å²) in [7, 11) is 1.86. The second kappa shape index (κ2) is 5.17. The molecule has 3 aromatic rings. The Bertz CT molecular complexity index is 786. The molecule has 100 valence electrons. The van der Waals surface area contributed by atoms with Crippen molar-refractivity contribution in [2.45, 2.75) is 6.92 Å². The van der Waals surface area contributed by atoms with Gasteiger partial charge in [-0.2, -0.15) is 0 Å². The SMILES string of the molecule is CNc1nc(-c2cccnc2C)nc2ccc(Br)cc12. The third-order valence-corrected chi connectivity index (χ3v) is 3.64. The van der Waals surface area contributed by atoms with Crippen LogP contribution in [0.15, 0.2) is 41.0 Å². The fourth-order valence-electron chi connectivity index (χ4n) is 2.13. The second-order valence-corrected chi connectivity index (χ2v) is 5.36. The lowest BCUT2D eigenvalue weighted by atomic mass is 10.1. The molecule has 1 N–H and O–H groups in total. The molecule has 20 heavy (non-hydrogen) atoms. The van der Waals surface area contributed by atoms with E-state index in [4.69, 9.17) is 0 Å². The molecule has 0 aliphatic carbocycles. The Morgan fingerprint density at radius 3 is 2.75 bits per heavy atom. The Labute approximate surface area is 125 Å². The third kappa shape index (κ3) is 2.25. The monoisotopic (exact) mass is 328 g/mol. The second-order valence-electron chi connectivity index (χ2n) is 4.44. The minimum Gasteiger partial charge on any atom is -0.373 e. The van der Waals surface area contributed by atoms with Crippen molar-refractivity contribution in [2.24, 2.45) is 0 Å². The first-order valence-corrected chi connectivity index (χ1v) is 7.05. The highest BCUT2D eigenvalue weighted by Gasteiger charge is 2.10. The first kappa shape index (κ1) is 13.0. The summed E-state index contributed by atoms with van der Waals surface area (Å²) in [4.78, 5) is 13.5. The molecular formula is C15H13BrN4. The van der Waals surface area contributed by atoms with E-state index in [9.17, 15) is 0 Å². The molecule has 0 aliphatic heterocycles. The predicted molar refractivity (Wildman–Crippen MR) is 84.8 cm³/mol. The summed E-state index contributed by atoms with van der Waals surface area (Å²) in [5, 5.41) is 4.13. The summed E-state index contributed by atoms with van der Waals surface area (Å²) in [5.41, 5.74) is 2.78. The van der Waals surface area contributed by atoms with Crippen LogP contribution in [0.3, 0.4) is 0 Å². The third-order valence-electron chi connectivity index (χ3n) is 3.14. The molecule has 0 saturated carbocycles. The summed E-state index contributed by atoms with van der Waals surface area (Å²) >= 11 is 3.48. The van der Waals surface area contributed by atoms with Gasteiger partial charge in [-0.05, 0) is 37.3 Å². The van der Waals surface area contributed by atoms with Crippen LogP contribution in [0.2, 0.25) is 0 Å². The van der Waals surface area contributed by atoms with E-state index in [1.807, 2.05) is 44.3 Å². The van der Waals surface area contributed by atoms with Crippen LogP contribution in [-0.2, 0) is 0 Å². The molecule has 0 bridgehead atoms. The van der Waals surface area contributed by atoms with E-state index in [-0.39, 0.29) is 0 Å². The molecule has 5 heteroatoms. The molecule has 1 aromatic carbocycles. The van der Waals surface area contributed by atoms with Gasteiger partial charge in [0.1, 0.15) is 5.82 Å². The van der Waals surface area contributed by atoms with E-state index < -0.39 is 0 Å². The van der Waals surface area contributed by atoms with E-state index in [0.29, 0.717) is 5.82 Å². The number of nitrogens with zero attached hydrogens (tertiary/aromatic N) is 3. The first-order chi connectivity index (χ1) is 9.69. The Kier molecular flexibility index (Phi) is 3.36. The summed E-state index contributed by atoms with van der Waals surface area (Å²) in [6.45, 7) is 1.96. The maximum Gasteiger partial charge on any atom is 0.163 e. The Morgan fingerprint density at radius 2 is 2.00 bits per heavy atom. The topological polar surface area (TPSA) is 50.7 Å². The van der Waals surface area contributed by atoms with Crippen molar-refractivity contribution in [2.75, 3.05) is 12.4 Å². The zero-order valence-corrected chi connectivity index (χ0v) is 12.8. The lowest BCUT2D eigenvalue weighted by molar-refractivity contribution is 1.15. The molecule has 0 atom stereocenters. The Morgan fingerprint density at radius 1 is 1.15 bits per heavy atom. The molecule has 0 saturated heterocycles. The number of fused-ring (bicyclic) bond motifs is 1. The molecule has 0 spiro atoms. The van der Waals surface area contributed by atoms with Gasteiger partial charge < -0.3 is 5.32 Å². The average molecular weight is 329 g/mol. The molecule has 0 radical (unpaired) electrons. The standard InChI is InChI=1S/C15H13BrN4/c1-9-11(4-3-7-18-9)15-19-13-6-5-10(16)8-12(13)14(17-2)20-15/h3-8H,1-2H3,(H,17,19,20). The highest BCUT2D eigenvalue weighted by atomic mass is 79.9. The van der Waals surface area contributed by atoms with Gasteiger partial charge in [-0.15, -0.1) is 0 Å². The predicted octanol–water partition coefficient (Wildman–Crippen LogP) is 3.80. The number of hydrogen-bond acceptors (Lipinski definition) is 4. The van der Waals surface area contributed by atoms with Crippen LogP contribution >= 0.6 is 15.9 Å². The van der Waals surface area contributed by atoms with Crippen LogP contribution < -0.4 is 5.32 Å². The van der Waals surface area contributed by atoms with Crippen LogP contribution in [0.5, 0.6) is 0 Å². The number of nitrogens with one attached hydrogen (secondary N) is 1. The fraction of sp³-hybridized carbons (Fsp3) is 0.133.